The van der Waals surface area contributed by atoms with Crippen molar-refractivity contribution in [3.63, 3.8) is 0 Å². The number of amides is 2. The van der Waals surface area contributed by atoms with Crippen molar-refractivity contribution in [3.8, 4) is 11.3 Å². The smallest absolute Gasteiger partial charge is 0.287 e. The second-order valence-corrected chi connectivity index (χ2v) is 5.84. The number of nitrogens with two attached hydrogens (primary N) is 1. The minimum atomic E-state index is -1.11. The standard InChI is InChI=1S/C20H17N3O4/c21-19(25)17(24)15(11-13-7-3-1-4-8-13)23-20(26)16-18(27-12-22-16)14-9-5-2-6-10-14/h1-10,12,15H,11H2,(H2,21,25)(H,23,26). The molecule has 0 bridgehead atoms. The van der Waals surface area contributed by atoms with Crippen molar-refractivity contribution in [1.29, 1.82) is 0 Å². The quantitative estimate of drug-likeness (QED) is 0.620. The van der Waals surface area contributed by atoms with Crippen molar-refractivity contribution in [2.75, 3.05) is 0 Å². The molecular formula is C20H17N3O4. The van der Waals surface area contributed by atoms with E-state index in [0.717, 1.165) is 12.0 Å². The monoisotopic (exact) mass is 363 g/mol. The first-order valence-electron chi connectivity index (χ1n) is 8.23. The lowest BCUT2D eigenvalue weighted by Gasteiger charge is -2.16. The third kappa shape index (κ3) is 4.27. The van der Waals surface area contributed by atoms with Gasteiger partial charge in [0, 0.05) is 12.0 Å². The molecule has 0 aliphatic rings. The fraction of sp³-hybridized carbons (Fsp3) is 0.100. The molecule has 0 saturated heterocycles. The highest BCUT2D eigenvalue weighted by Crippen LogP contribution is 2.22. The first kappa shape index (κ1) is 18.1. The summed E-state index contributed by atoms with van der Waals surface area (Å²) in [5.41, 5.74) is 6.60. The maximum Gasteiger partial charge on any atom is 0.287 e. The van der Waals surface area contributed by atoms with Gasteiger partial charge in [0.1, 0.15) is 6.04 Å². The normalized spacial score (nSPS) is 11.6. The fourth-order valence-corrected chi connectivity index (χ4v) is 2.66. The average Bonchev–Trinajstić information content (AvgIpc) is 3.18. The van der Waals surface area contributed by atoms with Gasteiger partial charge in [-0.25, -0.2) is 4.98 Å². The van der Waals surface area contributed by atoms with E-state index < -0.39 is 23.6 Å². The van der Waals surface area contributed by atoms with Gasteiger partial charge >= 0.3 is 0 Å². The van der Waals surface area contributed by atoms with Crippen molar-refractivity contribution < 1.29 is 18.8 Å². The Morgan fingerprint density at radius 2 is 1.63 bits per heavy atom. The summed E-state index contributed by atoms with van der Waals surface area (Å²) >= 11 is 0. The SMILES string of the molecule is NC(=O)C(=O)C(Cc1ccccc1)NC(=O)c1ncoc1-c1ccccc1. The van der Waals surface area contributed by atoms with Crippen molar-refractivity contribution in [1.82, 2.24) is 10.3 Å². The number of hydrogen-bond acceptors (Lipinski definition) is 5. The minimum Gasteiger partial charge on any atom is -0.443 e. The molecule has 0 aliphatic carbocycles. The number of rotatable bonds is 7. The van der Waals surface area contributed by atoms with Crippen molar-refractivity contribution >= 4 is 17.6 Å². The van der Waals surface area contributed by atoms with Crippen LogP contribution in [-0.2, 0) is 16.0 Å². The predicted molar refractivity (Wildman–Crippen MR) is 97.5 cm³/mol. The summed E-state index contributed by atoms with van der Waals surface area (Å²) in [4.78, 5) is 40.2. The Kier molecular flexibility index (Phi) is 5.41. The maximum atomic E-state index is 12.7. The van der Waals surface area contributed by atoms with Crippen LogP contribution in [0.4, 0.5) is 0 Å². The third-order valence-electron chi connectivity index (χ3n) is 3.97. The second kappa shape index (κ2) is 8.09. The molecule has 1 heterocycles. The molecule has 3 aromatic rings. The van der Waals surface area contributed by atoms with E-state index in [-0.39, 0.29) is 17.9 Å². The van der Waals surface area contributed by atoms with E-state index in [1.807, 2.05) is 12.1 Å². The topological polar surface area (TPSA) is 115 Å². The molecule has 0 spiro atoms. The van der Waals surface area contributed by atoms with E-state index in [1.165, 1.54) is 0 Å². The molecular weight excluding hydrogens is 346 g/mol. The number of aromatic nitrogens is 1. The van der Waals surface area contributed by atoms with Gasteiger partial charge in [0.25, 0.3) is 11.8 Å². The largest absolute Gasteiger partial charge is 0.443 e. The van der Waals surface area contributed by atoms with Crippen LogP contribution in [-0.4, -0.2) is 28.6 Å². The number of carbonyl (C=O) groups is 3. The number of nitrogens with one attached hydrogen (secondary N) is 1. The van der Waals surface area contributed by atoms with Crippen molar-refractivity contribution in [2.45, 2.75) is 12.5 Å². The first-order chi connectivity index (χ1) is 13.1. The van der Waals surface area contributed by atoms with E-state index in [2.05, 4.69) is 10.3 Å². The van der Waals surface area contributed by atoms with Crippen LogP contribution in [0.1, 0.15) is 16.1 Å². The average molecular weight is 363 g/mol. The Bertz CT molecular complexity index is 952. The van der Waals surface area contributed by atoms with Gasteiger partial charge in [0.05, 0.1) is 0 Å². The summed E-state index contributed by atoms with van der Waals surface area (Å²) in [5, 5.41) is 2.55. The fourth-order valence-electron chi connectivity index (χ4n) is 2.66. The van der Waals surface area contributed by atoms with Crippen LogP contribution >= 0.6 is 0 Å². The van der Waals surface area contributed by atoms with Crippen molar-refractivity contribution in [3.05, 3.63) is 78.3 Å². The lowest BCUT2D eigenvalue weighted by molar-refractivity contribution is -0.137. The summed E-state index contributed by atoms with van der Waals surface area (Å²) in [6, 6.07) is 16.9. The highest BCUT2D eigenvalue weighted by atomic mass is 16.3. The van der Waals surface area contributed by atoms with Gasteiger partial charge in [0.15, 0.2) is 17.8 Å². The van der Waals surface area contributed by atoms with E-state index in [1.54, 1.807) is 48.5 Å². The van der Waals surface area contributed by atoms with Crippen LogP contribution in [0, 0.1) is 0 Å². The summed E-state index contributed by atoms with van der Waals surface area (Å²) in [7, 11) is 0. The van der Waals surface area contributed by atoms with Gasteiger partial charge in [0.2, 0.25) is 5.78 Å². The minimum absolute atomic E-state index is 0.0246. The molecule has 3 rings (SSSR count). The number of carbonyl (C=O) groups excluding carboxylic acids is 3. The Balaban J connectivity index is 1.84. The molecule has 136 valence electrons. The summed E-state index contributed by atoms with van der Waals surface area (Å²) in [6.07, 6.45) is 1.28. The number of benzene rings is 2. The third-order valence-corrected chi connectivity index (χ3v) is 3.97. The van der Waals surface area contributed by atoms with Gasteiger partial charge in [-0.3, -0.25) is 14.4 Å². The van der Waals surface area contributed by atoms with Crippen LogP contribution < -0.4 is 11.1 Å². The Morgan fingerprint density at radius 3 is 2.26 bits per heavy atom. The Morgan fingerprint density at radius 1 is 1.00 bits per heavy atom. The van der Waals surface area contributed by atoms with Gasteiger partial charge in [-0.15, -0.1) is 0 Å². The second-order valence-electron chi connectivity index (χ2n) is 5.84. The van der Waals surface area contributed by atoms with Gasteiger partial charge in [-0.05, 0) is 5.56 Å². The number of hydrogen-bond donors (Lipinski definition) is 2. The highest BCUT2D eigenvalue weighted by molar-refractivity contribution is 6.38. The molecule has 27 heavy (non-hydrogen) atoms. The number of Topliss-reactive ketones (excluding diaryl/α,β-unsaturated/α-hetero) is 1. The predicted octanol–water partition coefficient (Wildman–Crippen LogP) is 1.74. The maximum absolute atomic E-state index is 12.7. The molecule has 0 saturated carbocycles. The molecule has 7 nitrogen and oxygen atoms in total. The molecule has 1 aromatic heterocycles. The van der Waals surface area contributed by atoms with Gasteiger partial charge in [-0.2, -0.15) is 0 Å². The lowest BCUT2D eigenvalue weighted by Crippen LogP contribution is -2.47. The zero-order valence-corrected chi connectivity index (χ0v) is 14.3. The number of ketones is 1. The lowest BCUT2D eigenvalue weighted by atomic mass is 10.0. The van der Waals surface area contributed by atoms with Crippen LogP contribution in [0.2, 0.25) is 0 Å². The van der Waals surface area contributed by atoms with Crippen molar-refractivity contribution in [2.24, 2.45) is 5.73 Å². The molecule has 1 unspecified atom stereocenters. The zero-order chi connectivity index (χ0) is 19.2. The Hall–Kier alpha value is -3.74. The van der Waals surface area contributed by atoms with E-state index in [4.69, 9.17) is 10.2 Å². The van der Waals surface area contributed by atoms with Crippen LogP contribution in [0.15, 0.2) is 71.5 Å². The number of nitrogens with zero attached hydrogens (tertiary/aromatic N) is 1. The van der Waals surface area contributed by atoms with Crippen LogP contribution in [0.3, 0.4) is 0 Å². The number of oxazole rings is 1. The number of primary amides is 1. The van der Waals surface area contributed by atoms with E-state index in [9.17, 15) is 14.4 Å². The van der Waals surface area contributed by atoms with Crippen LogP contribution in [0.25, 0.3) is 11.3 Å². The summed E-state index contributed by atoms with van der Waals surface area (Å²) in [6.45, 7) is 0. The molecule has 2 aromatic carbocycles. The summed E-state index contributed by atoms with van der Waals surface area (Å²) in [5.74, 6) is -2.34. The van der Waals surface area contributed by atoms with E-state index in [0.29, 0.717) is 5.56 Å². The van der Waals surface area contributed by atoms with Gasteiger partial charge < -0.3 is 15.5 Å². The van der Waals surface area contributed by atoms with E-state index >= 15 is 0 Å². The molecule has 7 heteroatoms. The van der Waals surface area contributed by atoms with Gasteiger partial charge in [-0.1, -0.05) is 60.7 Å². The molecule has 3 N–H and O–H groups in total. The van der Waals surface area contributed by atoms with Crippen LogP contribution in [0.5, 0.6) is 0 Å². The first-order valence-corrected chi connectivity index (χ1v) is 8.23. The molecule has 0 fully saturated rings. The summed E-state index contributed by atoms with van der Waals surface area (Å²) < 4.78 is 5.33. The highest BCUT2D eigenvalue weighted by Gasteiger charge is 2.28. The molecule has 0 aliphatic heterocycles. The Labute approximate surface area is 155 Å². The molecule has 2 amide bonds. The zero-order valence-electron chi connectivity index (χ0n) is 14.3. The molecule has 0 radical (unpaired) electrons. The molecule has 1 atom stereocenters.